The Labute approximate surface area is 102 Å². The second-order valence-corrected chi connectivity index (χ2v) is 4.92. The fourth-order valence-corrected chi connectivity index (χ4v) is 1.49. The summed E-state index contributed by atoms with van der Waals surface area (Å²) in [6.07, 6.45) is 3.41. The van der Waals surface area contributed by atoms with E-state index in [0.717, 1.165) is 0 Å². The fraction of sp³-hybridized carbons (Fsp3) is 0.667. The summed E-state index contributed by atoms with van der Waals surface area (Å²) >= 11 is 0. The predicted octanol–water partition coefficient (Wildman–Crippen LogP) is 1.84. The first-order chi connectivity index (χ1) is 7.91. The highest BCUT2D eigenvalue weighted by atomic mass is 16.4. The van der Waals surface area contributed by atoms with Gasteiger partial charge in [-0.05, 0) is 26.3 Å². The van der Waals surface area contributed by atoms with Crippen LogP contribution in [0.25, 0.3) is 0 Å². The lowest BCUT2D eigenvalue weighted by molar-refractivity contribution is -0.139. The number of nitrogens with zero attached hydrogens (tertiary/aromatic N) is 2. The number of carbonyl (C=O) groups is 1. The van der Waals surface area contributed by atoms with Gasteiger partial charge in [0, 0.05) is 17.8 Å². The normalized spacial score (nSPS) is 13.3. The molecule has 0 amide bonds. The Morgan fingerprint density at radius 3 is 2.53 bits per heavy atom. The summed E-state index contributed by atoms with van der Waals surface area (Å²) in [5.74, 6) is -0.453. The summed E-state index contributed by atoms with van der Waals surface area (Å²) in [6, 6.07) is -0.437. The molecule has 17 heavy (non-hydrogen) atoms. The van der Waals surface area contributed by atoms with Crippen LogP contribution in [0.5, 0.6) is 0 Å². The number of carboxylic acid groups (broad SMARTS) is 1. The van der Waals surface area contributed by atoms with E-state index < -0.39 is 12.0 Å². The zero-order valence-electron chi connectivity index (χ0n) is 10.8. The zero-order chi connectivity index (χ0) is 13.0. The highest BCUT2D eigenvalue weighted by Crippen LogP contribution is 2.15. The van der Waals surface area contributed by atoms with Crippen molar-refractivity contribution in [2.45, 2.75) is 39.8 Å². The van der Waals surface area contributed by atoms with Gasteiger partial charge in [0.15, 0.2) is 0 Å². The molecule has 1 atom stereocenters. The summed E-state index contributed by atoms with van der Waals surface area (Å²) in [5, 5.41) is 16.4. The summed E-state index contributed by atoms with van der Waals surface area (Å²) in [5.41, 5.74) is 0.701. The third-order valence-electron chi connectivity index (χ3n) is 2.46. The fourth-order valence-electron chi connectivity index (χ4n) is 1.49. The molecule has 0 aliphatic rings. The largest absolute Gasteiger partial charge is 0.480 e. The molecule has 1 rings (SSSR count). The molecular weight excluding hydrogens is 218 g/mol. The first kappa shape index (κ1) is 13.7. The molecular formula is C12H21N3O2. The van der Waals surface area contributed by atoms with E-state index >= 15 is 0 Å². The van der Waals surface area contributed by atoms with E-state index in [-0.39, 0.29) is 6.04 Å². The van der Waals surface area contributed by atoms with Crippen molar-refractivity contribution in [3.8, 4) is 0 Å². The Bertz CT molecular complexity index is 372. The average Bonchev–Trinajstić information content (AvgIpc) is 2.66. The maximum Gasteiger partial charge on any atom is 0.325 e. The third-order valence-corrected chi connectivity index (χ3v) is 2.46. The van der Waals surface area contributed by atoms with Crippen molar-refractivity contribution in [2.24, 2.45) is 5.92 Å². The summed E-state index contributed by atoms with van der Waals surface area (Å²) in [4.78, 5) is 11.2. The van der Waals surface area contributed by atoms with Crippen LogP contribution in [-0.4, -0.2) is 27.4 Å². The topological polar surface area (TPSA) is 67.2 Å². The first-order valence-corrected chi connectivity index (χ1v) is 5.92. The van der Waals surface area contributed by atoms with Gasteiger partial charge in [-0.25, -0.2) is 0 Å². The Balaban J connectivity index is 2.78. The van der Waals surface area contributed by atoms with Crippen LogP contribution in [0.4, 0.5) is 0 Å². The molecule has 0 fully saturated rings. The number of hydrogen-bond acceptors (Lipinski definition) is 3. The molecule has 5 heteroatoms. The van der Waals surface area contributed by atoms with E-state index in [0.29, 0.717) is 18.0 Å². The van der Waals surface area contributed by atoms with Crippen molar-refractivity contribution in [3.63, 3.8) is 0 Å². The van der Waals surface area contributed by atoms with E-state index in [1.807, 2.05) is 27.7 Å². The average molecular weight is 239 g/mol. The van der Waals surface area contributed by atoms with Crippen molar-refractivity contribution in [3.05, 3.63) is 18.0 Å². The number of rotatable bonds is 6. The van der Waals surface area contributed by atoms with Crippen molar-refractivity contribution >= 4 is 5.97 Å². The predicted molar refractivity (Wildman–Crippen MR) is 65.8 cm³/mol. The van der Waals surface area contributed by atoms with Crippen LogP contribution in [0.2, 0.25) is 0 Å². The first-order valence-electron chi connectivity index (χ1n) is 5.92. The molecule has 0 spiro atoms. The molecule has 0 saturated heterocycles. The molecule has 96 valence electrons. The van der Waals surface area contributed by atoms with Crippen LogP contribution >= 0.6 is 0 Å². The van der Waals surface area contributed by atoms with Crippen LogP contribution in [-0.2, 0) is 4.79 Å². The molecule has 1 unspecified atom stereocenters. The van der Waals surface area contributed by atoms with Crippen LogP contribution in [0, 0.1) is 5.92 Å². The minimum Gasteiger partial charge on any atom is -0.480 e. The van der Waals surface area contributed by atoms with Gasteiger partial charge in [0.25, 0.3) is 0 Å². The minimum absolute atomic E-state index is 0.239. The number of aromatic nitrogens is 2. The van der Waals surface area contributed by atoms with E-state index in [1.165, 1.54) is 0 Å². The second kappa shape index (κ2) is 5.82. The standard InChI is InChI=1S/C12H21N3O2/c1-8(2)5-13-11(12(16)17)10-6-14-15(7-10)9(3)4/h6-9,11,13H,5H2,1-4H3,(H,16,17). The highest BCUT2D eigenvalue weighted by molar-refractivity contribution is 5.75. The Morgan fingerprint density at radius 1 is 1.47 bits per heavy atom. The highest BCUT2D eigenvalue weighted by Gasteiger charge is 2.21. The molecule has 0 aliphatic carbocycles. The van der Waals surface area contributed by atoms with E-state index in [1.54, 1.807) is 17.1 Å². The lowest BCUT2D eigenvalue weighted by Crippen LogP contribution is -2.31. The van der Waals surface area contributed by atoms with Gasteiger partial charge in [0.2, 0.25) is 0 Å². The SMILES string of the molecule is CC(C)CNC(C(=O)O)c1cnn(C(C)C)c1. The molecule has 5 nitrogen and oxygen atoms in total. The molecule has 1 aromatic heterocycles. The van der Waals surface area contributed by atoms with Crippen LogP contribution in [0.15, 0.2) is 12.4 Å². The van der Waals surface area contributed by atoms with Gasteiger partial charge in [-0.2, -0.15) is 5.10 Å². The van der Waals surface area contributed by atoms with Crippen LogP contribution in [0.1, 0.15) is 45.3 Å². The van der Waals surface area contributed by atoms with Gasteiger partial charge in [-0.1, -0.05) is 13.8 Å². The Hall–Kier alpha value is -1.36. The summed E-state index contributed by atoms with van der Waals surface area (Å²) in [7, 11) is 0. The van der Waals surface area contributed by atoms with Gasteiger partial charge in [0.05, 0.1) is 6.20 Å². The van der Waals surface area contributed by atoms with Crippen molar-refractivity contribution in [1.29, 1.82) is 0 Å². The van der Waals surface area contributed by atoms with Gasteiger partial charge in [-0.3, -0.25) is 9.48 Å². The molecule has 1 aromatic rings. The number of nitrogens with one attached hydrogen (secondary N) is 1. The summed E-state index contributed by atoms with van der Waals surface area (Å²) in [6.45, 7) is 8.78. The lowest BCUT2D eigenvalue weighted by atomic mass is 10.1. The second-order valence-electron chi connectivity index (χ2n) is 4.92. The van der Waals surface area contributed by atoms with Gasteiger partial charge >= 0.3 is 5.97 Å². The monoisotopic (exact) mass is 239 g/mol. The van der Waals surface area contributed by atoms with Gasteiger partial charge < -0.3 is 10.4 Å². The molecule has 0 aliphatic heterocycles. The number of aliphatic carboxylic acids is 1. The minimum atomic E-state index is -0.867. The molecule has 0 saturated carbocycles. The maximum atomic E-state index is 11.2. The van der Waals surface area contributed by atoms with Crippen molar-refractivity contribution in [1.82, 2.24) is 15.1 Å². The molecule has 0 radical (unpaired) electrons. The van der Waals surface area contributed by atoms with Gasteiger partial charge in [-0.15, -0.1) is 0 Å². The Morgan fingerprint density at radius 2 is 2.12 bits per heavy atom. The Kier molecular flexibility index (Phi) is 4.69. The quantitative estimate of drug-likeness (QED) is 0.794. The third kappa shape index (κ3) is 3.85. The van der Waals surface area contributed by atoms with Crippen molar-refractivity contribution < 1.29 is 9.90 Å². The van der Waals surface area contributed by atoms with Crippen LogP contribution in [0.3, 0.4) is 0 Å². The van der Waals surface area contributed by atoms with E-state index in [4.69, 9.17) is 0 Å². The van der Waals surface area contributed by atoms with E-state index in [2.05, 4.69) is 10.4 Å². The summed E-state index contributed by atoms with van der Waals surface area (Å²) < 4.78 is 1.77. The molecule has 0 aromatic carbocycles. The number of carboxylic acids is 1. The molecule has 1 heterocycles. The van der Waals surface area contributed by atoms with Crippen LogP contribution < -0.4 is 5.32 Å². The van der Waals surface area contributed by atoms with Gasteiger partial charge in [0.1, 0.15) is 6.04 Å². The number of hydrogen-bond donors (Lipinski definition) is 2. The molecule has 2 N–H and O–H groups in total. The van der Waals surface area contributed by atoms with Crippen molar-refractivity contribution in [2.75, 3.05) is 6.54 Å². The zero-order valence-corrected chi connectivity index (χ0v) is 10.8. The maximum absolute atomic E-state index is 11.2. The molecule has 0 bridgehead atoms. The lowest BCUT2D eigenvalue weighted by Gasteiger charge is -2.14. The smallest absolute Gasteiger partial charge is 0.325 e. The van der Waals surface area contributed by atoms with E-state index in [9.17, 15) is 9.90 Å².